The highest BCUT2D eigenvalue weighted by Gasteiger charge is 2.53. The van der Waals surface area contributed by atoms with E-state index >= 15 is 0 Å². The minimum atomic E-state index is -0.420. The van der Waals surface area contributed by atoms with Crippen molar-refractivity contribution in [1.29, 1.82) is 0 Å². The highest BCUT2D eigenvalue weighted by Crippen LogP contribution is 2.61. The smallest absolute Gasteiger partial charge is 0.307 e. The van der Waals surface area contributed by atoms with E-state index in [1.807, 2.05) is 0 Å². The van der Waals surface area contributed by atoms with Crippen LogP contribution in [0.25, 0.3) is 0 Å². The second kappa shape index (κ2) is 8.54. The summed E-state index contributed by atoms with van der Waals surface area (Å²) in [6, 6.07) is 3.07. The molecule has 0 atom stereocenters. The Kier molecular flexibility index (Phi) is 5.46. The van der Waals surface area contributed by atoms with Crippen LogP contribution in [-0.4, -0.2) is 23.2 Å². The molecule has 0 radical (unpaired) electrons. The van der Waals surface area contributed by atoms with E-state index in [4.69, 9.17) is 4.42 Å². The standard InChI is InChI=1S/C30H40N4O3/c1-17(29-11-19-5-20(12-29)7-21(6-19)13-29)31-33-27(35)25-3-4-26(37-25)28(36)34-32-18(2)30-14-22-8-23(15-30)10-24(9-22)16-30/h3-4,19-24H,5-16H2,1-2H3,(H,33,35)(H,34,36). The first kappa shape index (κ1) is 23.7. The van der Waals surface area contributed by atoms with Gasteiger partial charge < -0.3 is 4.42 Å². The first-order chi connectivity index (χ1) is 17.8. The molecule has 1 aromatic rings. The Hall–Kier alpha value is -2.44. The average Bonchev–Trinajstić information content (AvgIpc) is 3.34. The molecule has 9 rings (SSSR count). The Morgan fingerprint density at radius 3 is 1.24 bits per heavy atom. The number of hydrogen-bond donors (Lipinski definition) is 2. The predicted octanol–water partition coefficient (Wildman–Crippen LogP) is 5.92. The molecule has 198 valence electrons. The van der Waals surface area contributed by atoms with Crippen LogP contribution in [-0.2, 0) is 0 Å². The maximum atomic E-state index is 12.8. The van der Waals surface area contributed by atoms with Crippen molar-refractivity contribution < 1.29 is 14.0 Å². The molecule has 37 heavy (non-hydrogen) atoms. The summed E-state index contributed by atoms with van der Waals surface area (Å²) in [5, 5.41) is 9.06. The van der Waals surface area contributed by atoms with Crippen molar-refractivity contribution in [1.82, 2.24) is 10.9 Å². The van der Waals surface area contributed by atoms with Gasteiger partial charge in [-0.1, -0.05) is 0 Å². The number of hydrogen-bond acceptors (Lipinski definition) is 5. The van der Waals surface area contributed by atoms with Crippen LogP contribution in [0.3, 0.4) is 0 Å². The summed E-state index contributed by atoms with van der Waals surface area (Å²) in [5.41, 5.74) is 7.79. The molecule has 0 aliphatic heterocycles. The first-order valence-corrected chi connectivity index (χ1v) is 14.6. The predicted molar refractivity (Wildman–Crippen MR) is 141 cm³/mol. The van der Waals surface area contributed by atoms with E-state index in [1.54, 1.807) is 0 Å². The van der Waals surface area contributed by atoms with E-state index in [0.29, 0.717) is 0 Å². The van der Waals surface area contributed by atoms with Crippen LogP contribution >= 0.6 is 0 Å². The quantitative estimate of drug-likeness (QED) is 0.372. The monoisotopic (exact) mass is 504 g/mol. The number of carbonyl (C=O) groups is 2. The molecule has 0 spiro atoms. The van der Waals surface area contributed by atoms with Crippen molar-refractivity contribution in [3.05, 3.63) is 23.7 Å². The molecule has 8 saturated carbocycles. The molecular weight excluding hydrogens is 464 g/mol. The summed E-state index contributed by atoms with van der Waals surface area (Å²) in [7, 11) is 0. The van der Waals surface area contributed by atoms with Crippen LogP contribution in [0.15, 0.2) is 26.8 Å². The molecule has 7 heteroatoms. The fourth-order valence-corrected chi connectivity index (χ4v) is 10.3. The van der Waals surface area contributed by atoms with Gasteiger partial charge in [0.2, 0.25) is 0 Å². The van der Waals surface area contributed by atoms with Gasteiger partial charge in [-0.05, 0) is 139 Å². The third-order valence-corrected chi connectivity index (χ3v) is 11.3. The average molecular weight is 505 g/mol. The molecule has 0 aromatic carbocycles. The van der Waals surface area contributed by atoms with Crippen molar-refractivity contribution in [2.75, 3.05) is 0 Å². The summed E-state index contributed by atoms with van der Waals surface area (Å²) in [6.45, 7) is 4.14. The summed E-state index contributed by atoms with van der Waals surface area (Å²) in [6.07, 6.45) is 15.5. The van der Waals surface area contributed by atoms with Crippen LogP contribution in [0.1, 0.15) is 112 Å². The highest BCUT2D eigenvalue weighted by atomic mass is 16.4. The Morgan fingerprint density at radius 1 is 0.649 bits per heavy atom. The van der Waals surface area contributed by atoms with Crippen molar-refractivity contribution in [2.45, 2.75) is 90.9 Å². The molecule has 0 saturated heterocycles. The number of nitrogens with zero attached hydrogens (tertiary/aromatic N) is 2. The Labute approximate surface area is 219 Å². The number of carbonyl (C=O) groups excluding carboxylic acids is 2. The Bertz CT molecular complexity index is 1020. The van der Waals surface area contributed by atoms with Crippen LogP contribution in [0.2, 0.25) is 0 Å². The number of amides is 2. The van der Waals surface area contributed by atoms with Gasteiger partial charge >= 0.3 is 11.8 Å². The SMILES string of the molecule is CC(=NNC(=O)c1ccc(C(=O)NN=C(C)C23CC4CC(CC(C4)C2)C3)o1)C12CC3CC(CC(C3)C1)C2. The summed E-state index contributed by atoms with van der Waals surface area (Å²) < 4.78 is 5.61. The lowest BCUT2D eigenvalue weighted by Gasteiger charge is -2.56. The van der Waals surface area contributed by atoms with E-state index < -0.39 is 11.8 Å². The Morgan fingerprint density at radius 2 is 0.946 bits per heavy atom. The lowest BCUT2D eigenvalue weighted by molar-refractivity contribution is -0.0129. The van der Waals surface area contributed by atoms with E-state index in [2.05, 4.69) is 34.9 Å². The second-order valence-corrected chi connectivity index (χ2v) is 13.8. The zero-order valence-corrected chi connectivity index (χ0v) is 22.2. The molecule has 1 aromatic heterocycles. The van der Waals surface area contributed by atoms with Crippen molar-refractivity contribution in [3.8, 4) is 0 Å². The fourth-order valence-electron chi connectivity index (χ4n) is 10.3. The third kappa shape index (κ3) is 4.08. The minimum Gasteiger partial charge on any atom is -0.446 e. The number of rotatable bonds is 6. The topological polar surface area (TPSA) is 96.1 Å². The van der Waals surface area contributed by atoms with E-state index in [-0.39, 0.29) is 22.4 Å². The molecule has 2 amide bonds. The third-order valence-electron chi connectivity index (χ3n) is 11.3. The van der Waals surface area contributed by atoms with Gasteiger partial charge in [-0.15, -0.1) is 0 Å². The van der Waals surface area contributed by atoms with Gasteiger partial charge in [-0.2, -0.15) is 10.2 Å². The molecular formula is C30H40N4O3. The van der Waals surface area contributed by atoms with Crippen molar-refractivity contribution in [2.24, 2.45) is 56.5 Å². The van der Waals surface area contributed by atoms with Gasteiger partial charge in [-0.25, -0.2) is 10.9 Å². The second-order valence-electron chi connectivity index (χ2n) is 13.8. The van der Waals surface area contributed by atoms with Crippen LogP contribution in [0.5, 0.6) is 0 Å². The first-order valence-electron chi connectivity index (χ1n) is 14.6. The van der Waals surface area contributed by atoms with Gasteiger partial charge in [-0.3, -0.25) is 9.59 Å². The summed E-state index contributed by atoms with van der Waals surface area (Å²) in [5.74, 6) is 4.30. The number of nitrogens with one attached hydrogen (secondary N) is 2. The largest absolute Gasteiger partial charge is 0.446 e. The molecule has 1 heterocycles. The number of furan rings is 1. The molecule has 8 aliphatic carbocycles. The molecule has 8 aliphatic rings. The van der Waals surface area contributed by atoms with Crippen LogP contribution < -0.4 is 10.9 Å². The maximum Gasteiger partial charge on any atom is 0.307 e. The zero-order chi connectivity index (χ0) is 25.4. The molecule has 7 nitrogen and oxygen atoms in total. The minimum absolute atomic E-state index is 0.0917. The van der Waals surface area contributed by atoms with Gasteiger partial charge in [0, 0.05) is 22.3 Å². The molecule has 8 fully saturated rings. The van der Waals surface area contributed by atoms with Gasteiger partial charge in [0.25, 0.3) is 0 Å². The summed E-state index contributed by atoms with van der Waals surface area (Å²) in [4.78, 5) is 25.5. The van der Waals surface area contributed by atoms with Crippen molar-refractivity contribution >= 4 is 23.2 Å². The summed E-state index contributed by atoms with van der Waals surface area (Å²) >= 11 is 0. The van der Waals surface area contributed by atoms with E-state index in [0.717, 1.165) is 46.9 Å². The van der Waals surface area contributed by atoms with E-state index in [9.17, 15) is 9.59 Å². The lowest BCUT2D eigenvalue weighted by Crippen LogP contribution is -2.49. The lowest BCUT2D eigenvalue weighted by atomic mass is 9.48. The molecule has 0 unspecified atom stereocenters. The zero-order valence-electron chi connectivity index (χ0n) is 22.2. The normalized spacial score (nSPS) is 41.8. The maximum absolute atomic E-state index is 12.8. The van der Waals surface area contributed by atoms with Crippen molar-refractivity contribution in [3.63, 3.8) is 0 Å². The van der Waals surface area contributed by atoms with Gasteiger partial charge in [0.05, 0.1) is 0 Å². The fraction of sp³-hybridized carbons (Fsp3) is 0.733. The molecule has 8 bridgehead atoms. The number of hydrazone groups is 2. The van der Waals surface area contributed by atoms with Crippen LogP contribution in [0.4, 0.5) is 0 Å². The van der Waals surface area contributed by atoms with Gasteiger partial charge in [0.15, 0.2) is 11.5 Å². The molecule has 2 N–H and O–H groups in total. The van der Waals surface area contributed by atoms with Crippen LogP contribution in [0, 0.1) is 46.3 Å². The van der Waals surface area contributed by atoms with Gasteiger partial charge in [0.1, 0.15) is 0 Å². The highest BCUT2D eigenvalue weighted by molar-refractivity contribution is 5.97. The van der Waals surface area contributed by atoms with E-state index in [1.165, 1.54) is 89.2 Å². The Balaban J connectivity index is 0.978.